The first-order valence-electron chi connectivity index (χ1n) is 8.77. The molecule has 5 heteroatoms. The number of rotatable bonds is 5. The molecule has 1 saturated heterocycles. The third-order valence-electron chi connectivity index (χ3n) is 5.13. The lowest BCUT2D eigenvalue weighted by Gasteiger charge is -2.19. The van der Waals surface area contributed by atoms with Gasteiger partial charge in [0.25, 0.3) is 0 Å². The van der Waals surface area contributed by atoms with Gasteiger partial charge in [0.2, 0.25) is 5.91 Å². The fourth-order valence-corrected chi connectivity index (χ4v) is 3.71. The molecular weight excluding hydrogens is 276 g/mol. The van der Waals surface area contributed by atoms with Crippen LogP contribution in [-0.2, 0) is 11.8 Å². The van der Waals surface area contributed by atoms with Crippen LogP contribution in [0.3, 0.4) is 0 Å². The van der Waals surface area contributed by atoms with E-state index < -0.39 is 0 Å². The van der Waals surface area contributed by atoms with Crippen molar-refractivity contribution in [3.05, 3.63) is 11.8 Å². The smallest absolute Gasteiger partial charge is 0.225 e. The Kier molecular flexibility index (Phi) is 5.13. The molecule has 1 saturated carbocycles. The van der Waals surface area contributed by atoms with Crippen LogP contribution in [0.25, 0.3) is 0 Å². The molecule has 1 amide bonds. The van der Waals surface area contributed by atoms with Crippen molar-refractivity contribution in [3.8, 4) is 0 Å². The predicted octanol–water partition coefficient (Wildman–Crippen LogP) is 2.80. The summed E-state index contributed by atoms with van der Waals surface area (Å²) in [5.41, 5.74) is 1.15. The summed E-state index contributed by atoms with van der Waals surface area (Å²) in [4.78, 5) is 12.1. The van der Waals surface area contributed by atoms with Crippen LogP contribution in [0.1, 0.15) is 63.0 Å². The largest absolute Gasteiger partial charge is 0.316 e. The van der Waals surface area contributed by atoms with Crippen molar-refractivity contribution in [2.75, 3.05) is 18.4 Å². The quantitative estimate of drug-likeness (QED) is 0.879. The molecule has 0 aromatic carbocycles. The molecule has 1 aliphatic heterocycles. The van der Waals surface area contributed by atoms with E-state index in [1.807, 2.05) is 11.7 Å². The average molecular weight is 304 g/mol. The normalized spacial score (nSPS) is 22.9. The maximum atomic E-state index is 12.1. The summed E-state index contributed by atoms with van der Waals surface area (Å²) in [7, 11) is 1.92. The maximum Gasteiger partial charge on any atom is 0.225 e. The molecule has 1 atom stereocenters. The van der Waals surface area contributed by atoms with Gasteiger partial charge < -0.3 is 10.6 Å². The summed E-state index contributed by atoms with van der Waals surface area (Å²) in [5.74, 6) is 2.20. The van der Waals surface area contributed by atoms with Crippen LogP contribution in [0.15, 0.2) is 6.07 Å². The molecule has 0 spiro atoms. The summed E-state index contributed by atoms with van der Waals surface area (Å²) >= 11 is 0. The zero-order chi connectivity index (χ0) is 15.4. The second-order valence-electron chi connectivity index (χ2n) is 6.86. The number of carbonyl (C=O) groups excluding carboxylic acids is 1. The molecule has 0 radical (unpaired) electrons. The van der Waals surface area contributed by atoms with Crippen LogP contribution >= 0.6 is 0 Å². The van der Waals surface area contributed by atoms with Crippen molar-refractivity contribution >= 4 is 11.7 Å². The van der Waals surface area contributed by atoms with E-state index in [9.17, 15) is 4.79 Å². The van der Waals surface area contributed by atoms with Crippen LogP contribution in [0.4, 0.5) is 5.82 Å². The van der Waals surface area contributed by atoms with Crippen molar-refractivity contribution in [2.24, 2.45) is 13.0 Å². The number of aromatic nitrogens is 2. The molecule has 2 fully saturated rings. The molecule has 22 heavy (non-hydrogen) atoms. The molecule has 2 heterocycles. The topological polar surface area (TPSA) is 59.0 Å². The average Bonchev–Trinajstić information content (AvgIpc) is 3.17. The zero-order valence-corrected chi connectivity index (χ0v) is 13.6. The lowest BCUT2D eigenvalue weighted by molar-refractivity contribution is -0.116. The highest BCUT2D eigenvalue weighted by molar-refractivity contribution is 5.89. The van der Waals surface area contributed by atoms with Crippen molar-refractivity contribution < 1.29 is 4.79 Å². The highest BCUT2D eigenvalue weighted by Crippen LogP contribution is 2.32. The number of hydrogen-bond donors (Lipinski definition) is 2. The van der Waals surface area contributed by atoms with Crippen LogP contribution in [0.2, 0.25) is 0 Å². The van der Waals surface area contributed by atoms with Gasteiger partial charge >= 0.3 is 0 Å². The van der Waals surface area contributed by atoms with Crippen molar-refractivity contribution in [3.63, 3.8) is 0 Å². The molecule has 122 valence electrons. The molecule has 1 aliphatic carbocycles. The Hall–Kier alpha value is -1.36. The minimum absolute atomic E-state index is 0.116. The number of amides is 1. The van der Waals surface area contributed by atoms with Gasteiger partial charge in [0, 0.05) is 25.5 Å². The van der Waals surface area contributed by atoms with E-state index in [0.29, 0.717) is 18.3 Å². The van der Waals surface area contributed by atoms with Crippen LogP contribution in [-0.4, -0.2) is 28.8 Å². The summed E-state index contributed by atoms with van der Waals surface area (Å²) in [6.45, 7) is 2.16. The standard InChI is InChI=1S/C17H28N4O/c1-21-16(11-15(20-21)14-5-3-2-4-6-14)19-17(22)8-7-13-9-10-18-12-13/h11,13-14,18H,2-10,12H2,1H3,(H,19,22). The van der Waals surface area contributed by atoms with Gasteiger partial charge in [-0.1, -0.05) is 19.3 Å². The van der Waals surface area contributed by atoms with Crippen LogP contribution in [0.5, 0.6) is 0 Å². The van der Waals surface area contributed by atoms with Crippen molar-refractivity contribution in [1.29, 1.82) is 0 Å². The van der Waals surface area contributed by atoms with E-state index in [0.717, 1.165) is 31.0 Å². The van der Waals surface area contributed by atoms with Gasteiger partial charge in [-0.25, -0.2) is 0 Å². The number of aryl methyl sites for hydroxylation is 1. The van der Waals surface area contributed by atoms with Gasteiger partial charge in [-0.3, -0.25) is 9.48 Å². The van der Waals surface area contributed by atoms with E-state index in [-0.39, 0.29) is 5.91 Å². The summed E-state index contributed by atoms with van der Waals surface area (Å²) in [6.07, 6.45) is 9.21. The van der Waals surface area contributed by atoms with Gasteiger partial charge in [0.1, 0.15) is 5.82 Å². The molecule has 2 aliphatic rings. The Balaban J connectivity index is 1.52. The monoisotopic (exact) mass is 304 g/mol. The summed E-state index contributed by atoms with van der Waals surface area (Å²) in [6, 6.07) is 2.07. The number of nitrogens with one attached hydrogen (secondary N) is 2. The Morgan fingerprint density at radius 1 is 1.36 bits per heavy atom. The first-order chi connectivity index (χ1) is 10.7. The minimum Gasteiger partial charge on any atom is -0.316 e. The molecule has 2 N–H and O–H groups in total. The van der Waals surface area contributed by atoms with E-state index in [4.69, 9.17) is 0 Å². The Bertz CT molecular complexity index is 499. The SMILES string of the molecule is Cn1nc(C2CCCCC2)cc1NC(=O)CCC1CCNC1. The third-order valence-corrected chi connectivity index (χ3v) is 5.13. The van der Waals surface area contributed by atoms with Crippen LogP contribution in [0, 0.1) is 5.92 Å². The molecule has 1 aromatic rings. The third kappa shape index (κ3) is 3.88. The van der Waals surface area contributed by atoms with E-state index in [1.54, 1.807) is 0 Å². The highest BCUT2D eigenvalue weighted by atomic mass is 16.1. The first-order valence-corrected chi connectivity index (χ1v) is 8.77. The van der Waals surface area contributed by atoms with E-state index >= 15 is 0 Å². The Morgan fingerprint density at radius 3 is 2.91 bits per heavy atom. The maximum absolute atomic E-state index is 12.1. The van der Waals surface area contributed by atoms with E-state index in [1.165, 1.54) is 38.5 Å². The predicted molar refractivity (Wildman–Crippen MR) is 87.9 cm³/mol. The fraction of sp³-hybridized carbons (Fsp3) is 0.765. The zero-order valence-electron chi connectivity index (χ0n) is 13.6. The number of carbonyl (C=O) groups is 1. The second kappa shape index (κ2) is 7.27. The number of hydrogen-bond acceptors (Lipinski definition) is 3. The van der Waals surface area contributed by atoms with Crippen LogP contribution < -0.4 is 10.6 Å². The lowest BCUT2D eigenvalue weighted by atomic mass is 9.87. The molecule has 0 bridgehead atoms. The minimum atomic E-state index is 0.116. The molecule has 5 nitrogen and oxygen atoms in total. The second-order valence-corrected chi connectivity index (χ2v) is 6.86. The molecule has 1 unspecified atom stereocenters. The Labute approximate surface area is 132 Å². The molecular formula is C17H28N4O. The van der Waals surface area contributed by atoms with E-state index in [2.05, 4.69) is 21.8 Å². The first kappa shape index (κ1) is 15.5. The number of anilines is 1. The van der Waals surface area contributed by atoms with Gasteiger partial charge in [0.15, 0.2) is 0 Å². The van der Waals surface area contributed by atoms with Gasteiger partial charge in [-0.05, 0) is 44.7 Å². The fourth-order valence-electron chi connectivity index (χ4n) is 3.71. The molecule has 1 aromatic heterocycles. The van der Waals surface area contributed by atoms with Gasteiger partial charge in [-0.15, -0.1) is 0 Å². The van der Waals surface area contributed by atoms with Gasteiger partial charge in [0.05, 0.1) is 5.69 Å². The summed E-state index contributed by atoms with van der Waals surface area (Å²) < 4.78 is 1.82. The molecule has 3 rings (SSSR count). The number of nitrogens with zero attached hydrogens (tertiary/aromatic N) is 2. The van der Waals surface area contributed by atoms with Crippen molar-refractivity contribution in [1.82, 2.24) is 15.1 Å². The van der Waals surface area contributed by atoms with Crippen molar-refractivity contribution in [2.45, 2.75) is 57.3 Å². The highest BCUT2D eigenvalue weighted by Gasteiger charge is 2.20. The van der Waals surface area contributed by atoms with Gasteiger partial charge in [-0.2, -0.15) is 5.10 Å². The Morgan fingerprint density at radius 2 is 2.18 bits per heavy atom. The lowest BCUT2D eigenvalue weighted by Crippen LogP contribution is -2.16. The summed E-state index contributed by atoms with van der Waals surface area (Å²) in [5, 5.41) is 11.0.